The molecule has 1 aromatic carbocycles. The average molecular weight is 251 g/mol. The zero-order valence-electron chi connectivity index (χ0n) is 11.1. The maximum absolute atomic E-state index is 11.1. The van der Waals surface area contributed by atoms with Crippen LogP contribution in [-0.4, -0.2) is 24.2 Å². The van der Waals surface area contributed by atoms with Gasteiger partial charge in [-0.1, -0.05) is 32.0 Å². The Kier molecular flexibility index (Phi) is 5.65. The molecule has 1 aromatic rings. The third-order valence-electron chi connectivity index (χ3n) is 2.74. The van der Waals surface area contributed by atoms with Crippen LogP contribution in [0.1, 0.15) is 25.8 Å². The standard InChI is InChI=1S/C14H21NO3/c1-10(2)8-12(14(16)17)15-9-11-6-4-5-7-13(11)18-3/h4-7,10,12,15H,8-9H2,1-3H3,(H,16,17). The Hall–Kier alpha value is -1.55. The number of aliphatic carboxylic acids is 1. The lowest BCUT2D eigenvalue weighted by Gasteiger charge is -2.17. The molecule has 0 aliphatic rings. The van der Waals surface area contributed by atoms with E-state index in [1.165, 1.54) is 0 Å². The SMILES string of the molecule is COc1ccccc1CNC(CC(C)C)C(=O)O. The zero-order valence-corrected chi connectivity index (χ0v) is 11.1. The summed E-state index contributed by atoms with van der Waals surface area (Å²) in [4.78, 5) is 11.1. The predicted octanol–water partition coefficient (Wildman–Crippen LogP) is 2.28. The van der Waals surface area contributed by atoms with Crippen LogP contribution in [0.5, 0.6) is 5.75 Å². The van der Waals surface area contributed by atoms with E-state index >= 15 is 0 Å². The third kappa shape index (κ3) is 4.37. The van der Waals surface area contributed by atoms with Crippen molar-refractivity contribution in [2.45, 2.75) is 32.9 Å². The molecule has 0 radical (unpaired) electrons. The van der Waals surface area contributed by atoms with Crippen molar-refractivity contribution >= 4 is 5.97 Å². The average Bonchev–Trinajstić information content (AvgIpc) is 2.34. The number of methoxy groups -OCH3 is 1. The molecule has 0 amide bonds. The summed E-state index contributed by atoms with van der Waals surface area (Å²) in [6, 6.07) is 7.09. The first kappa shape index (κ1) is 14.5. The van der Waals surface area contributed by atoms with Crippen LogP contribution in [0.25, 0.3) is 0 Å². The lowest BCUT2D eigenvalue weighted by atomic mass is 10.0. The number of ether oxygens (including phenoxy) is 1. The number of hydrogen-bond acceptors (Lipinski definition) is 3. The van der Waals surface area contributed by atoms with Crippen molar-refractivity contribution in [3.05, 3.63) is 29.8 Å². The lowest BCUT2D eigenvalue weighted by Crippen LogP contribution is -2.37. The van der Waals surface area contributed by atoms with E-state index in [0.29, 0.717) is 18.9 Å². The predicted molar refractivity (Wildman–Crippen MR) is 70.7 cm³/mol. The van der Waals surface area contributed by atoms with E-state index in [4.69, 9.17) is 9.84 Å². The highest BCUT2D eigenvalue weighted by atomic mass is 16.5. The molecule has 18 heavy (non-hydrogen) atoms. The normalized spacial score (nSPS) is 12.4. The van der Waals surface area contributed by atoms with Gasteiger partial charge in [-0.15, -0.1) is 0 Å². The van der Waals surface area contributed by atoms with E-state index in [9.17, 15) is 4.79 Å². The molecule has 1 atom stereocenters. The molecule has 0 bridgehead atoms. The molecule has 1 rings (SSSR count). The highest BCUT2D eigenvalue weighted by molar-refractivity contribution is 5.73. The van der Waals surface area contributed by atoms with Gasteiger partial charge in [0, 0.05) is 12.1 Å². The molecular weight excluding hydrogens is 230 g/mol. The highest BCUT2D eigenvalue weighted by Gasteiger charge is 2.18. The minimum atomic E-state index is -0.807. The third-order valence-corrected chi connectivity index (χ3v) is 2.74. The van der Waals surface area contributed by atoms with Crippen molar-refractivity contribution in [3.8, 4) is 5.75 Å². The molecule has 0 saturated carbocycles. The number of carboxylic acid groups (broad SMARTS) is 1. The van der Waals surface area contributed by atoms with Crippen molar-refractivity contribution in [3.63, 3.8) is 0 Å². The van der Waals surface area contributed by atoms with E-state index in [2.05, 4.69) is 5.32 Å². The Bertz CT molecular complexity index is 390. The van der Waals surface area contributed by atoms with Gasteiger partial charge in [0.15, 0.2) is 0 Å². The smallest absolute Gasteiger partial charge is 0.320 e. The van der Waals surface area contributed by atoms with Crippen LogP contribution in [0.3, 0.4) is 0 Å². The number of para-hydroxylation sites is 1. The Morgan fingerprint density at radius 1 is 1.39 bits per heavy atom. The fraction of sp³-hybridized carbons (Fsp3) is 0.500. The molecule has 2 N–H and O–H groups in total. The fourth-order valence-corrected chi connectivity index (χ4v) is 1.83. The van der Waals surface area contributed by atoms with E-state index in [-0.39, 0.29) is 0 Å². The van der Waals surface area contributed by atoms with Gasteiger partial charge in [0.25, 0.3) is 0 Å². The number of rotatable bonds is 7. The first-order chi connectivity index (χ1) is 8.54. The second kappa shape index (κ2) is 7.01. The van der Waals surface area contributed by atoms with Gasteiger partial charge >= 0.3 is 5.97 Å². The van der Waals surface area contributed by atoms with Gasteiger partial charge in [-0.3, -0.25) is 4.79 Å². The Balaban J connectivity index is 2.64. The monoisotopic (exact) mass is 251 g/mol. The van der Waals surface area contributed by atoms with Crippen LogP contribution in [-0.2, 0) is 11.3 Å². The van der Waals surface area contributed by atoms with Crippen molar-refractivity contribution in [1.29, 1.82) is 0 Å². The second-order valence-electron chi connectivity index (χ2n) is 4.71. The van der Waals surface area contributed by atoms with Crippen LogP contribution in [0.15, 0.2) is 24.3 Å². The number of benzene rings is 1. The van der Waals surface area contributed by atoms with Crippen LogP contribution < -0.4 is 10.1 Å². The lowest BCUT2D eigenvalue weighted by molar-refractivity contribution is -0.140. The minimum Gasteiger partial charge on any atom is -0.496 e. The molecule has 0 fully saturated rings. The van der Waals surface area contributed by atoms with Gasteiger partial charge in [0.2, 0.25) is 0 Å². The van der Waals surface area contributed by atoms with Crippen LogP contribution >= 0.6 is 0 Å². The molecule has 4 nitrogen and oxygen atoms in total. The van der Waals surface area contributed by atoms with E-state index in [1.54, 1.807) is 7.11 Å². The number of hydrogen-bond donors (Lipinski definition) is 2. The number of nitrogens with one attached hydrogen (secondary N) is 1. The molecule has 0 aromatic heterocycles. The molecule has 4 heteroatoms. The van der Waals surface area contributed by atoms with Gasteiger partial charge in [-0.05, 0) is 18.4 Å². The molecule has 0 saturated heterocycles. The van der Waals surface area contributed by atoms with Gasteiger partial charge in [0.1, 0.15) is 11.8 Å². The van der Waals surface area contributed by atoms with Gasteiger partial charge in [-0.2, -0.15) is 0 Å². The van der Waals surface area contributed by atoms with Gasteiger partial charge < -0.3 is 15.2 Å². The molecular formula is C14H21NO3. The summed E-state index contributed by atoms with van der Waals surface area (Å²) in [5.41, 5.74) is 0.968. The summed E-state index contributed by atoms with van der Waals surface area (Å²) >= 11 is 0. The van der Waals surface area contributed by atoms with Crippen molar-refractivity contribution in [2.24, 2.45) is 5.92 Å². The largest absolute Gasteiger partial charge is 0.496 e. The summed E-state index contributed by atoms with van der Waals surface area (Å²) in [6.45, 7) is 4.52. The van der Waals surface area contributed by atoms with E-state index in [0.717, 1.165) is 11.3 Å². The quantitative estimate of drug-likeness (QED) is 0.780. The van der Waals surface area contributed by atoms with Crippen molar-refractivity contribution in [2.75, 3.05) is 7.11 Å². The van der Waals surface area contributed by atoms with Crippen LogP contribution in [0.4, 0.5) is 0 Å². The fourth-order valence-electron chi connectivity index (χ4n) is 1.83. The summed E-state index contributed by atoms with van der Waals surface area (Å²) in [5, 5.41) is 12.2. The first-order valence-corrected chi connectivity index (χ1v) is 6.12. The molecule has 0 aliphatic carbocycles. The Morgan fingerprint density at radius 3 is 2.61 bits per heavy atom. The topological polar surface area (TPSA) is 58.6 Å². The number of carbonyl (C=O) groups is 1. The highest BCUT2D eigenvalue weighted by Crippen LogP contribution is 2.17. The molecule has 0 aliphatic heterocycles. The molecule has 0 heterocycles. The Labute approximate surface area is 108 Å². The molecule has 1 unspecified atom stereocenters. The van der Waals surface area contributed by atoms with Crippen LogP contribution in [0.2, 0.25) is 0 Å². The Morgan fingerprint density at radius 2 is 2.06 bits per heavy atom. The maximum atomic E-state index is 11.1. The van der Waals surface area contributed by atoms with Gasteiger partial charge in [0.05, 0.1) is 7.11 Å². The molecule has 0 spiro atoms. The summed E-state index contributed by atoms with van der Waals surface area (Å²) in [7, 11) is 1.61. The summed E-state index contributed by atoms with van der Waals surface area (Å²) in [5.74, 6) is 0.313. The summed E-state index contributed by atoms with van der Waals surface area (Å²) in [6.07, 6.45) is 0.616. The second-order valence-corrected chi connectivity index (χ2v) is 4.71. The van der Waals surface area contributed by atoms with Gasteiger partial charge in [-0.25, -0.2) is 0 Å². The van der Waals surface area contributed by atoms with E-state index in [1.807, 2.05) is 38.1 Å². The minimum absolute atomic E-state index is 0.344. The zero-order chi connectivity index (χ0) is 13.5. The summed E-state index contributed by atoms with van der Waals surface area (Å²) < 4.78 is 5.23. The van der Waals surface area contributed by atoms with Crippen molar-refractivity contribution < 1.29 is 14.6 Å². The molecule has 100 valence electrons. The van der Waals surface area contributed by atoms with E-state index < -0.39 is 12.0 Å². The first-order valence-electron chi connectivity index (χ1n) is 6.12. The maximum Gasteiger partial charge on any atom is 0.320 e. The number of carboxylic acids is 1. The van der Waals surface area contributed by atoms with Crippen molar-refractivity contribution in [1.82, 2.24) is 5.32 Å². The van der Waals surface area contributed by atoms with Crippen LogP contribution in [0, 0.1) is 5.92 Å².